The smallest absolute Gasteiger partial charge is 0.244 e. The van der Waals surface area contributed by atoms with Crippen molar-refractivity contribution in [2.45, 2.75) is 26.2 Å². The number of nitrogens with zero attached hydrogens (tertiary/aromatic N) is 1. The van der Waals surface area contributed by atoms with Crippen LogP contribution in [0, 0.1) is 5.92 Å². The summed E-state index contributed by atoms with van der Waals surface area (Å²) in [6.45, 7) is 4.29. The van der Waals surface area contributed by atoms with Crippen LogP contribution in [0.1, 0.15) is 26.2 Å². The van der Waals surface area contributed by atoms with E-state index in [0.717, 1.165) is 32.4 Å². The number of piperidine rings is 1. The molecule has 0 atom stereocenters. The van der Waals surface area contributed by atoms with Crippen LogP contribution in [0.3, 0.4) is 0 Å². The molecule has 0 saturated carbocycles. The Labute approximate surface area is 164 Å². The van der Waals surface area contributed by atoms with E-state index in [2.05, 4.69) is 10.6 Å². The van der Waals surface area contributed by atoms with Crippen LogP contribution in [0.2, 0.25) is 10.0 Å². The third kappa shape index (κ3) is 6.66. The minimum absolute atomic E-state index is 0. The summed E-state index contributed by atoms with van der Waals surface area (Å²) in [6, 6.07) is 4.88. The normalized spacial score (nSPS) is 14.5. The highest BCUT2D eigenvalue weighted by molar-refractivity contribution is 6.35. The van der Waals surface area contributed by atoms with E-state index < -0.39 is 0 Å². The summed E-state index contributed by atoms with van der Waals surface area (Å²) < 4.78 is 0. The van der Waals surface area contributed by atoms with Crippen LogP contribution >= 0.6 is 35.6 Å². The summed E-state index contributed by atoms with van der Waals surface area (Å²) in [7, 11) is 0. The lowest BCUT2D eigenvalue weighted by molar-refractivity contribution is -0.139. The third-order valence-corrected chi connectivity index (χ3v) is 4.60. The highest BCUT2D eigenvalue weighted by atomic mass is 35.5. The van der Waals surface area contributed by atoms with Gasteiger partial charge in [0.1, 0.15) is 0 Å². The molecule has 2 N–H and O–H groups in total. The molecule has 1 aromatic rings. The zero-order valence-electron chi connectivity index (χ0n) is 14.2. The van der Waals surface area contributed by atoms with Crippen LogP contribution in [-0.4, -0.2) is 42.9 Å². The Balaban J connectivity index is 0.00000312. The Morgan fingerprint density at radius 3 is 2.60 bits per heavy atom. The molecule has 0 aliphatic carbocycles. The van der Waals surface area contributed by atoms with Gasteiger partial charge in [-0.2, -0.15) is 0 Å². The molecular weight excluding hydrogens is 385 g/mol. The maximum Gasteiger partial charge on any atom is 0.244 e. The number of hydrogen-bond acceptors (Lipinski definition) is 3. The summed E-state index contributed by atoms with van der Waals surface area (Å²) in [5, 5.41) is 6.89. The Morgan fingerprint density at radius 1 is 1.28 bits per heavy atom. The fraction of sp³-hybridized carbons (Fsp3) is 0.529. The molecule has 1 saturated heterocycles. The number of anilines is 1. The van der Waals surface area contributed by atoms with Gasteiger partial charge in [-0.15, -0.1) is 12.4 Å². The van der Waals surface area contributed by atoms with Gasteiger partial charge in [-0.1, -0.05) is 30.1 Å². The fourth-order valence-electron chi connectivity index (χ4n) is 2.82. The molecule has 2 amide bonds. The molecule has 0 spiro atoms. The largest absolute Gasteiger partial charge is 0.333 e. The highest BCUT2D eigenvalue weighted by Crippen LogP contribution is 2.25. The molecule has 5 nitrogen and oxygen atoms in total. The predicted molar refractivity (Wildman–Crippen MR) is 105 cm³/mol. The fourth-order valence-corrected chi connectivity index (χ4v) is 3.16. The number of halogens is 3. The van der Waals surface area contributed by atoms with E-state index in [1.807, 2.05) is 6.92 Å². The zero-order chi connectivity index (χ0) is 17.5. The summed E-state index contributed by atoms with van der Waals surface area (Å²) in [4.78, 5) is 26.6. The number of nitrogens with one attached hydrogen (secondary N) is 2. The average Bonchev–Trinajstić information content (AvgIpc) is 2.58. The lowest BCUT2D eigenvalue weighted by Crippen LogP contribution is -2.44. The van der Waals surface area contributed by atoms with Crippen LogP contribution < -0.4 is 10.6 Å². The number of benzene rings is 1. The number of carbonyl (C=O) groups is 2. The first-order chi connectivity index (χ1) is 11.5. The molecule has 25 heavy (non-hydrogen) atoms. The summed E-state index contributed by atoms with van der Waals surface area (Å²) in [6.07, 6.45) is 2.45. The maximum atomic E-state index is 12.7. The van der Waals surface area contributed by atoms with Crippen LogP contribution in [-0.2, 0) is 9.59 Å². The lowest BCUT2D eigenvalue weighted by Gasteiger charge is -2.29. The zero-order valence-corrected chi connectivity index (χ0v) is 16.5. The van der Waals surface area contributed by atoms with Crippen molar-refractivity contribution >= 4 is 53.1 Å². The van der Waals surface area contributed by atoms with Gasteiger partial charge >= 0.3 is 0 Å². The SMILES string of the molecule is CCCN(CC(=O)Nc1cc(Cl)ccc1Cl)C(=O)C1CCNCC1.Cl. The van der Waals surface area contributed by atoms with Crippen molar-refractivity contribution in [3.05, 3.63) is 28.2 Å². The van der Waals surface area contributed by atoms with Crippen LogP contribution in [0.4, 0.5) is 5.69 Å². The van der Waals surface area contributed by atoms with E-state index in [1.165, 1.54) is 0 Å². The molecule has 140 valence electrons. The molecule has 0 bridgehead atoms. The van der Waals surface area contributed by atoms with Crippen molar-refractivity contribution in [1.82, 2.24) is 10.2 Å². The van der Waals surface area contributed by atoms with Gasteiger partial charge in [0.2, 0.25) is 11.8 Å². The molecular formula is C17H24Cl3N3O2. The second kappa shape index (κ2) is 10.9. The monoisotopic (exact) mass is 407 g/mol. The van der Waals surface area contributed by atoms with Crippen LogP contribution in [0.25, 0.3) is 0 Å². The van der Waals surface area contributed by atoms with Crippen molar-refractivity contribution in [2.24, 2.45) is 5.92 Å². The molecule has 8 heteroatoms. The predicted octanol–water partition coefficient (Wildman–Crippen LogP) is 3.59. The number of rotatable bonds is 6. The molecule has 0 unspecified atom stereocenters. The van der Waals surface area contributed by atoms with Crippen LogP contribution in [0.5, 0.6) is 0 Å². The van der Waals surface area contributed by atoms with Crippen molar-refractivity contribution in [3.63, 3.8) is 0 Å². The standard InChI is InChI=1S/C17H23Cl2N3O2.ClH/c1-2-9-22(17(24)12-5-7-20-8-6-12)11-16(23)21-15-10-13(18)3-4-14(15)19;/h3-4,10,12,20H,2,5-9,11H2,1H3,(H,21,23);1H. The average molecular weight is 409 g/mol. The minimum Gasteiger partial charge on any atom is -0.333 e. The summed E-state index contributed by atoms with van der Waals surface area (Å²) in [5.74, 6) is -0.207. The topological polar surface area (TPSA) is 61.4 Å². The molecule has 0 aromatic heterocycles. The van der Waals surface area contributed by atoms with Gasteiger partial charge < -0.3 is 15.5 Å². The van der Waals surface area contributed by atoms with Gasteiger partial charge in [0, 0.05) is 17.5 Å². The Hall–Kier alpha value is -1.01. The quantitative estimate of drug-likeness (QED) is 0.756. The van der Waals surface area contributed by atoms with E-state index in [-0.39, 0.29) is 36.7 Å². The van der Waals surface area contributed by atoms with E-state index in [9.17, 15) is 9.59 Å². The second-order valence-electron chi connectivity index (χ2n) is 5.96. The molecule has 1 aromatic carbocycles. The Morgan fingerprint density at radius 2 is 1.96 bits per heavy atom. The highest BCUT2D eigenvalue weighted by Gasteiger charge is 2.26. The number of amides is 2. The first-order valence-electron chi connectivity index (χ1n) is 8.25. The molecule has 2 rings (SSSR count). The summed E-state index contributed by atoms with van der Waals surface area (Å²) in [5.41, 5.74) is 0.458. The first kappa shape index (κ1) is 22.0. The molecule has 1 fully saturated rings. The Kier molecular flexibility index (Phi) is 9.57. The number of hydrogen-bond donors (Lipinski definition) is 2. The van der Waals surface area contributed by atoms with Gasteiger partial charge in [-0.3, -0.25) is 9.59 Å². The van der Waals surface area contributed by atoms with Crippen molar-refractivity contribution in [2.75, 3.05) is 31.5 Å². The van der Waals surface area contributed by atoms with Crippen molar-refractivity contribution in [1.29, 1.82) is 0 Å². The minimum atomic E-state index is -0.269. The van der Waals surface area contributed by atoms with E-state index in [0.29, 0.717) is 22.3 Å². The van der Waals surface area contributed by atoms with Gasteiger partial charge in [-0.25, -0.2) is 0 Å². The van der Waals surface area contributed by atoms with Crippen LogP contribution in [0.15, 0.2) is 18.2 Å². The molecule has 1 aliphatic rings. The van der Waals surface area contributed by atoms with Crippen molar-refractivity contribution in [3.8, 4) is 0 Å². The van der Waals surface area contributed by atoms with E-state index in [4.69, 9.17) is 23.2 Å². The molecule has 1 heterocycles. The van der Waals surface area contributed by atoms with Gasteiger partial charge in [0.25, 0.3) is 0 Å². The lowest BCUT2D eigenvalue weighted by atomic mass is 9.96. The maximum absolute atomic E-state index is 12.7. The summed E-state index contributed by atoms with van der Waals surface area (Å²) >= 11 is 12.0. The van der Waals surface area contributed by atoms with Gasteiger partial charge in [-0.05, 0) is 50.6 Å². The van der Waals surface area contributed by atoms with E-state index >= 15 is 0 Å². The van der Waals surface area contributed by atoms with Crippen molar-refractivity contribution < 1.29 is 9.59 Å². The third-order valence-electron chi connectivity index (χ3n) is 4.03. The van der Waals surface area contributed by atoms with Gasteiger partial charge in [0.05, 0.1) is 17.3 Å². The first-order valence-corrected chi connectivity index (χ1v) is 9.01. The number of carbonyl (C=O) groups excluding carboxylic acids is 2. The molecule has 1 aliphatic heterocycles. The Bertz CT molecular complexity index is 593. The van der Waals surface area contributed by atoms with Gasteiger partial charge in [0.15, 0.2) is 0 Å². The second-order valence-corrected chi connectivity index (χ2v) is 6.80. The van der Waals surface area contributed by atoms with E-state index in [1.54, 1.807) is 23.1 Å². The molecule has 0 radical (unpaired) electrons.